The molecule has 0 spiro atoms. The van der Waals surface area contributed by atoms with Gasteiger partial charge < -0.3 is 25.4 Å². The number of amides is 3. The first-order valence-electron chi connectivity index (χ1n) is 14.8. The van der Waals surface area contributed by atoms with Crippen LogP contribution in [0.3, 0.4) is 0 Å². The Morgan fingerprint density at radius 2 is 1.77 bits per heavy atom. The number of anilines is 1. The molecule has 0 saturated carbocycles. The van der Waals surface area contributed by atoms with Gasteiger partial charge in [0.05, 0.1) is 17.6 Å². The van der Waals surface area contributed by atoms with Gasteiger partial charge in [0.15, 0.2) is 0 Å². The van der Waals surface area contributed by atoms with Crippen LogP contribution in [-0.4, -0.2) is 65.7 Å². The molecule has 1 aliphatic carbocycles. The molecule has 8 nitrogen and oxygen atoms in total. The molecule has 220 valence electrons. The van der Waals surface area contributed by atoms with Gasteiger partial charge in [-0.1, -0.05) is 18.2 Å². The maximum Gasteiger partial charge on any atom is 0.258 e. The van der Waals surface area contributed by atoms with Crippen molar-refractivity contribution in [2.45, 2.75) is 32.7 Å². The molecule has 1 aromatic heterocycles. The average Bonchev–Trinajstić information content (AvgIpc) is 3.53. The molecule has 1 atom stereocenters. The van der Waals surface area contributed by atoms with Crippen molar-refractivity contribution < 1.29 is 18.8 Å². The highest BCUT2D eigenvalue weighted by Crippen LogP contribution is 2.42. The van der Waals surface area contributed by atoms with E-state index in [-0.39, 0.29) is 23.5 Å². The summed E-state index contributed by atoms with van der Waals surface area (Å²) in [6.45, 7) is 5.54. The van der Waals surface area contributed by atoms with Gasteiger partial charge in [-0.05, 0) is 91.4 Å². The van der Waals surface area contributed by atoms with E-state index in [1.54, 1.807) is 17.0 Å². The van der Waals surface area contributed by atoms with Gasteiger partial charge in [0.1, 0.15) is 5.82 Å². The third kappa shape index (κ3) is 4.50. The molecule has 1 unspecified atom stereocenters. The SMILES string of the molecule is Cc1c(-c2ccc(C(N)=O)c3[nH]c4c(c23)CCC(C(=O)N2CCN(C)CC2)C4)cccc1N1Cc2cc(F)ccc2C1=O. The number of hydrogen-bond acceptors (Lipinski definition) is 4. The van der Waals surface area contributed by atoms with E-state index in [9.17, 15) is 18.8 Å². The second kappa shape index (κ2) is 10.3. The van der Waals surface area contributed by atoms with E-state index in [0.717, 1.165) is 71.6 Å². The third-order valence-corrected chi connectivity index (χ3v) is 9.53. The summed E-state index contributed by atoms with van der Waals surface area (Å²) >= 11 is 0. The molecule has 0 bridgehead atoms. The van der Waals surface area contributed by atoms with Crippen molar-refractivity contribution >= 4 is 34.3 Å². The van der Waals surface area contributed by atoms with Crippen LogP contribution >= 0.6 is 0 Å². The lowest BCUT2D eigenvalue weighted by atomic mass is 9.84. The Balaban J connectivity index is 1.28. The molecule has 3 aliphatic rings. The first kappa shape index (κ1) is 27.3. The Kier molecular flexibility index (Phi) is 6.58. The van der Waals surface area contributed by atoms with Crippen molar-refractivity contribution in [1.82, 2.24) is 14.8 Å². The summed E-state index contributed by atoms with van der Waals surface area (Å²) in [6.07, 6.45) is 2.03. The number of nitrogens with one attached hydrogen (secondary N) is 1. The number of likely N-dealkylation sites (N-methyl/N-ethyl adjacent to an activating group) is 1. The fourth-order valence-corrected chi connectivity index (χ4v) is 7.16. The van der Waals surface area contributed by atoms with E-state index in [0.29, 0.717) is 41.6 Å². The van der Waals surface area contributed by atoms with Gasteiger partial charge in [-0.25, -0.2) is 4.39 Å². The highest BCUT2D eigenvalue weighted by Gasteiger charge is 2.34. The Morgan fingerprint density at radius 3 is 2.53 bits per heavy atom. The highest BCUT2D eigenvalue weighted by molar-refractivity contribution is 6.13. The van der Waals surface area contributed by atoms with Crippen LogP contribution in [0.15, 0.2) is 48.5 Å². The monoisotopic (exact) mass is 579 g/mol. The number of fused-ring (bicyclic) bond motifs is 4. The Bertz CT molecular complexity index is 1820. The van der Waals surface area contributed by atoms with Crippen molar-refractivity contribution in [1.29, 1.82) is 0 Å². The van der Waals surface area contributed by atoms with Crippen LogP contribution in [0.5, 0.6) is 0 Å². The molecule has 1 saturated heterocycles. The fraction of sp³-hybridized carbons (Fsp3) is 0.324. The van der Waals surface area contributed by atoms with E-state index in [2.05, 4.69) is 16.9 Å². The van der Waals surface area contributed by atoms with Crippen molar-refractivity contribution in [3.63, 3.8) is 0 Å². The molecule has 3 heterocycles. The largest absolute Gasteiger partial charge is 0.366 e. The zero-order valence-electron chi connectivity index (χ0n) is 24.4. The smallest absolute Gasteiger partial charge is 0.258 e. The van der Waals surface area contributed by atoms with Gasteiger partial charge in [-0.15, -0.1) is 0 Å². The number of benzene rings is 3. The third-order valence-electron chi connectivity index (χ3n) is 9.53. The average molecular weight is 580 g/mol. The lowest BCUT2D eigenvalue weighted by Gasteiger charge is -2.35. The molecule has 43 heavy (non-hydrogen) atoms. The number of halogens is 1. The normalized spacial score (nSPS) is 18.7. The van der Waals surface area contributed by atoms with Crippen LogP contribution in [-0.2, 0) is 24.2 Å². The van der Waals surface area contributed by atoms with Gasteiger partial charge >= 0.3 is 0 Å². The quantitative estimate of drug-likeness (QED) is 0.374. The summed E-state index contributed by atoms with van der Waals surface area (Å²) < 4.78 is 13.9. The lowest BCUT2D eigenvalue weighted by Crippen LogP contribution is -2.49. The maximum atomic E-state index is 13.9. The second-order valence-electron chi connectivity index (χ2n) is 12.1. The number of carbonyl (C=O) groups excluding carboxylic acids is 3. The van der Waals surface area contributed by atoms with Gasteiger partial charge in [0.25, 0.3) is 11.8 Å². The van der Waals surface area contributed by atoms with Crippen LogP contribution in [0.4, 0.5) is 10.1 Å². The van der Waals surface area contributed by atoms with Crippen molar-refractivity contribution in [3.05, 3.63) is 87.9 Å². The molecule has 0 radical (unpaired) electrons. The highest BCUT2D eigenvalue weighted by atomic mass is 19.1. The summed E-state index contributed by atoms with van der Waals surface area (Å²) in [5, 5.41) is 0.940. The number of nitrogens with zero attached hydrogens (tertiary/aromatic N) is 3. The molecular weight excluding hydrogens is 545 g/mol. The number of primary amides is 1. The Morgan fingerprint density at radius 1 is 1.00 bits per heavy atom. The molecule has 3 amide bonds. The number of piperazine rings is 1. The van der Waals surface area contributed by atoms with Gasteiger partial charge in [0, 0.05) is 54.4 Å². The van der Waals surface area contributed by atoms with Gasteiger partial charge in [-0.2, -0.15) is 0 Å². The Labute approximate surface area is 249 Å². The van der Waals surface area contributed by atoms with Crippen LogP contribution in [0.2, 0.25) is 0 Å². The maximum absolute atomic E-state index is 13.9. The molecule has 2 aliphatic heterocycles. The second-order valence-corrected chi connectivity index (χ2v) is 12.1. The van der Waals surface area contributed by atoms with Gasteiger partial charge in [-0.3, -0.25) is 14.4 Å². The zero-order valence-corrected chi connectivity index (χ0v) is 24.4. The molecule has 1 fully saturated rings. The number of aryl methyl sites for hydroxylation is 1. The summed E-state index contributed by atoms with van der Waals surface area (Å²) in [5.74, 6) is -0.937. The number of aromatic amines is 1. The minimum atomic E-state index is -0.515. The van der Waals surface area contributed by atoms with Gasteiger partial charge in [0.2, 0.25) is 5.91 Å². The first-order chi connectivity index (χ1) is 20.7. The number of nitrogens with two attached hydrogens (primary N) is 1. The topological polar surface area (TPSA) is 103 Å². The summed E-state index contributed by atoms with van der Waals surface area (Å²) in [5.41, 5.74) is 13.7. The van der Waals surface area contributed by atoms with Crippen LogP contribution in [0.25, 0.3) is 22.0 Å². The number of rotatable bonds is 4. The van der Waals surface area contributed by atoms with Crippen LogP contribution in [0, 0.1) is 18.7 Å². The minimum Gasteiger partial charge on any atom is -0.366 e. The van der Waals surface area contributed by atoms with E-state index in [1.807, 2.05) is 36.1 Å². The number of H-pyrrole nitrogens is 1. The van der Waals surface area contributed by atoms with E-state index >= 15 is 0 Å². The number of aromatic nitrogens is 1. The summed E-state index contributed by atoms with van der Waals surface area (Å²) in [6, 6.07) is 13.8. The van der Waals surface area contributed by atoms with E-state index < -0.39 is 5.91 Å². The number of carbonyl (C=O) groups is 3. The van der Waals surface area contributed by atoms with Crippen molar-refractivity contribution in [2.75, 3.05) is 38.1 Å². The molecule has 7 rings (SSSR count). The van der Waals surface area contributed by atoms with E-state index in [4.69, 9.17) is 5.73 Å². The Hall–Kier alpha value is -4.50. The standard InChI is InChI=1S/C34H34FN5O3/c1-19-23(4-3-5-29(19)40-18-21-16-22(35)7-9-24(21)34(40)43)25-10-11-27(32(36)41)31-30(25)26-8-6-20(17-28(26)37-31)33(42)39-14-12-38(2)13-15-39/h3-5,7,9-11,16,20,37H,6,8,12-15,17-18H2,1-2H3,(H2,36,41). The molecule has 9 heteroatoms. The predicted octanol–water partition coefficient (Wildman–Crippen LogP) is 4.42. The van der Waals surface area contributed by atoms with Crippen molar-refractivity contribution in [3.8, 4) is 11.1 Å². The summed E-state index contributed by atoms with van der Waals surface area (Å²) in [7, 11) is 2.08. The first-order valence-corrected chi connectivity index (χ1v) is 14.8. The van der Waals surface area contributed by atoms with Crippen molar-refractivity contribution in [2.24, 2.45) is 11.7 Å². The lowest BCUT2D eigenvalue weighted by molar-refractivity contribution is -0.137. The molecule has 3 N–H and O–H groups in total. The van der Waals surface area contributed by atoms with Crippen LogP contribution < -0.4 is 10.6 Å². The molecule has 3 aromatic carbocycles. The molecule has 4 aromatic rings. The zero-order chi connectivity index (χ0) is 30.0. The van der Waals surface area contributed by atoms with E-state index in [1.165, 1.54) is 12.1 Å². The molecular formula is C34H34FN5O3. The van der Waals surface area contributed by atoms with Crippen LogP contribution in [0.1, 0.15) is 49.5 Å². The minimum absolute atomic E-state index is 0.109. The summed E-state index contributed by atoms with van der Waals surface area (Å²) in [4.78, 5) is 48.7. The predicted molar refractivity (Wildman–Crippen MR) is 163 cm³/mol. The fourth-order valence-electron chi connectivity index (χ4n) is 7.16. The number of hydrogen-bond donors (Lipinski definition) is 2.